The van der Waals surface area contributed by atoms with Gasteiger partial charge in [-0.1, -0.05) is 54.6 Å². The van der Waals surface area contributed by atoms with E-state index in [2.05, 4.69) is 54.3 Å². The predicted molar refractivity (Wildman–Crippen MR) is 98.9 cm³/mol. The molecule has 25 heavy (non-hydrogen) atoms. The Hall–Kier alpha value is -2.43. The molecule has 2 atom stereocenters. The number of hydrogen-bond acceptors (Lipinski definition) is 3. The average molecular weight is 336 g/mol. The number of likely N-dealkylation sites (tertiary alicyclic amines) is 1. The van der Waals surface area contributed by atoms with Crippen molar-refractivity contribution >= 4 is 12.0 Å². The Balaban J connectivity index is 1.74. The molecule has 4 heteroatoms. The summed E-state index contributed by atoms with van der Waals surface area (Å²) in [6.45, 7) is 3.39. The minimum Gasteiger partial charge on any atom is -0.290 e. The average Bonchev–Trinajstić information content (AvgIpc) is 3.16. The second kappa shape index (κ2) is 8.10. The van der Waals surface area contributed by atoms with Crippen molar-refractivity contribution in [2.75, 3.05) is 6.54 Å². The number of carbonyl (C=O) groups is 1. The van der Waals surface area contributed by atoms with Gasteiger partial charge in [-0.2, -0.15) is 0 Å². The molecule has 4 nitrogen and oxygen atoms in total. The number of amides is 1. The fourth-order valence-corrected chi connectivity index (χ4v) is 3.57. The summed E-state index contributed by atoms with van der Waals surface area (Å²) < 4.78 is 0. The quantitative estimate of drug-likeness (QED) is 0.491. The lowest BCUT2D eigenvalue weighted by Gasteiger charge is -2.31. The van der Waals surface area contributed by atoms with E-state index in [0.29, 0.717) is 12.1 Å². The van der Waals surface area contributed by atoms with E-state index in [0.717, 1.165) is 12.1 Å². The van der Waals surface area contributed by atoms with Gasteiger partial charge in [0.25, 0.3) is 5.91 Å². The first kappa shape index (κ1) is 17.4. The third kappa shape index (κ3) is 4.16. The van der Waals surface area contributed by atoms with E-state index in [-0.39, 0.29) is 0 Å². The molecule has 1 heterocycles. The third-order valence-corrected chi connectivity index (χ3v) is 4.93. The van der Waals surface area contributed by atoms with Crippen LogP contribution in [0, 0.1) is 0 Å². The molecule has 130 valence electrons. The molecular weight excluding hydrogens is 312 g/mol. The zero-order valence-electron chi connectivity index (χ0n) is 14.4. The number of nitrogens with zero attached hydrogens (tertiary/aromatic N) is 1. The van der Waals surface area contributed by atoms with Crippen LogP contribution in [0.4, 0.5) is 0 Å². The van der Waals surface area contributed by atoms with Crippen molar-refractivity contribution in [3.63, 3.8) is 0 Å². The minimum atomic E-state index is -0.525. The van der Waals surface area contributed by atoms with Crippen molar-refractivity contribution in [2.45, 2.75) is 31.8 Å². The standard InChI is InChI=1S/C21H24N2O2/c1-16(18-6-3-2-4-7-18)23-15-5-8-20(23)19-12-9-17(10-13-19)11-14-21(24)22-25/h2-4,6-7,9-14,16,20,25H,5,8,15H2,1H3,(H,22,24)/b14-11+/t16?,20-/m0/s1. The van der Waals surface area contributed by atoms with Crippen LogP contribution in [0.3, 0.4) is 0 Å². The molecule has 0 bridgehead atoms. The SMILES string of the molecule is CC(c1ccccc1)N1CCC[C@H]1c1ccc(/C=C/C(=O)NO)cc1. The molecule has 1 aliphatic heterocycles. The highest BCUT2D eigenvalue weighted by molar-refractivity contribution is 5.90. The van der Waals surface area contributed by atoms with E-state index in [9.17, 15) is 4.79 Å². The second-order valence-corrected chi connectivity index (χ2v) is 6.46. The van der Waals surface area contributed by atoms with Gasteiger partial charge in [-0.05, 0) is 49.1 Å². The Labute approximate surface area is 148 Å². The Morgan fingerprint density at radius 1 is 1.20 bits per heavy atom. The van der Waals surface area contributed by atoms with Crippen LogP contribution < -0.4 is 5.48 Å². The van der Waals surface area contributed by atoms with Crippen molar-refractivity contribution in [1.82, 2.24) is 10.4 Å². The highest BCUT2D eigenvalue weighted by Crippen LogP contribution is 2.38. The van der Waals surface area contributed by atoms with Crippen LogP contribution in [0.15, 0.2) is 60.7 Å². The monoisotopic (exact) mass is 336 g/mol. The maximum atomic E-state index is 11.1. The Morgan fingerprint density at radius 2 is 1.92 bits per heavy atom. The normalized spacial score (nSPS) is 19.2. The van der Waals surface area contributed by atoms with Crippen molar-refractivity contribution in [1.29, 1.82) is 0 Å². The lowest BCUT2D eigenvalue weighted by Crippen LogP contribution is -2.26. The highest BCUT2D eigenvalue weighted by atomic mass is 16.5. The van der Waals surface area contributed by atoms with Gasteiger partial charge in [0.2, 0.25) is 0 Å². The Kier molecular flexibility index (Phi) is 5.64. The summed E-state index contributed by atoms with van der Waals surface area (Å²) in [7, 11) is 0. The third-order valence-electron chi connectivity index (χ3n) is 4.93. The second-order valence-electron chi connectivity index (χ2n) is 6.46. The smallest absolute Gasteiger partial charge is 0.267 e. The van der Waals surface area contributed by atoms with Crippen LogP contribution in [-0.2, 0) is 4.79 Å². The zero-order chi connectivity index (χ0) is 17.6. The van der Waals surface area contributed by atoms with E-state index in [1.165, 1.54) is 30.0 Å². The Morgan fingerprint density at radius 3 is 2.60 bits per heavy atom. The first-order valence-electron chi connectivity index (χ1n) is 8.72. The maximum absolute atomic E-state index is 11.1. The summed E-state index contributed by atoms with van der Waals surface area (Å²) >= 11 is 0. The number of hydroxylamine groups is 1. The summed E-state index contributed by atoms with van der Waals surface area (Å²) in [4.78, 5) is 13.6. The topological polar surface area (TPSA) is 52.6 Å². The van der Waals surface area contributed by atoms with Crippen LogP contribution >= 0.6 is 0 Å². The minimum absolute atomic E-state index is 0.390. The number of benzene rings is 2. The summed E-state index contributed by atoms with van der Waals surface area (Å²) in [5.41, 5.74) is 5.19. The molecule has 1 saturated heterocycles. The first-order chi connectivity index (χ1) is 12.2. The molecule has 3 rings (SSSR count). The number of nitrogens with one attached hydrogen (secondary N) is 1. The number of carbonyl (C=O) groups excluding carboxylic acids is 1. The molecule has 0 radical (unpaired) electrons. The van der Waals surface area contributed by atoms with Crippen LogP contribution in [0.25, 0.3) is 6.08 Å². The molecule has 0 aliphatic carbocycles. The molecule has 1 amide bonds. The maximum Gasteiger partial charge on any atom is 0.267 e. The van der Waals surface area contributed by atoms with E-state index in [4.69, 9.17) is 5.21 Å². The molecule has 1 unspecified atom stereocenters. The van der Waals surface area contributed by atoms with Gasteiger partial charge in [0.15, 0.2) is 0 Å². The van der Waals surface area contributed by atoms with Crippen molar-refractivity contribution < 1.29 is 10.0 Å². The highest BCUT2D eigenvalue weighted by Gasteiger charge is 2.30. The molecule has 0 saturated carbocycles. The lowest BCUT2D eigenvalue weighted by atomic mass is 10.00. The fraction of sp³-hybridized carbons (Fsp3) is 0.286. The van der Waals surface area contributed by atoms with Gasteiger partial charge >= 0.3 is 0 Å². The van der Waals surface area contributed by atoms with Gasteiger partial charge in [-0.25, -0.2) is 5.48 Å². The van der Waals surface area contributed by atoms with Crippen LogP contribution in [0.5, 0.6) is 0 Å². The van der Waals surface area contributed by atoms with Gasteiger partial charge in [0.05, 0.1) is 0 Å². The molecule has 2 aromatic carbocycles. The van der Waals surface area contributed by atoms with Gasteiger partial charge in [0, 0.05) is 18.2 Å². The first-order valence-corrected chi connectivity index (χ1v) is 8.72. The van der Waals surface area contributed by atoms with Crippen molar-refractivity contribution in [2.24, 2.45) is 0 Å². The van der Waals surface area contributed by atoms with Gasteiger partial charge in [-0.15, -0.1) is 0 Å². The van der Waals surface area contributed by atoms with Crippen molar-refractivity contribution in [3.05, 3.63) is 77.4 Å². The van der Waals surface area contributed by atoms with Crippen molar-refractivity contribution in [3.8, 4) is 0 Å². The molecule has 2 aromatic rings. The number of hydrogen-bond donors (Lipinski definition) is 2. The summed E-state index contributed by atoms with van der Waals surface area (Å²) in [6, 6.07) is 19.8. The largest absolute Gasteiger partial charge is 0.290 e. The molecule has 2 N–H and O–H groups in total. The molecular formula is C21H24N2O2. The van der Waals surface area contributed by atoms with E-state index in [1.807, 2.05) is 12.1 Å². The molecule has 1 aliphatic rings. The lowest BCUT2D eigenvalue weighted by molar-refractivity contribution is -0.124. The molecule has 0 spiro atoms. The summed E-state index contributed by atoms with van der Waals surface area (Å²) in [6.07, 6.45) is 5.38. The fourth-order valence-electron chi connectivity index (χ4n) is 3.57. The van der Waals surface area contributed by atoms with Gasteiger partial charge in [-0.3, -0.25) is 14.9 Å². The van der Waals surface area contributed by atoms with E-state index in [1.54, 1.807) is 11.6 Å². The molecule has 1 fully saturated rings. The van der Waals surface area contributed by atoms with Crippen LogP contribution in [0.1, 0.15) is 48.5 Å². The van der Waals surface area contributed by atoms with Crippen LogP contribution in [-0.4, -0.2) is 22.6 Å². The van der Waals surface area contributed by atoms with Gasteiger partial charge < -0.3 is 0 Å². The number of rotatable bonds is 5. The Bertz CT molecular complexity index is 725. The van der Waals surface area contributed by atoms with E-state index >= 15 is 0 Å². The molecule has 0 aromatic heterocycles. The van der Waals surface area contributed by atoms with E-state index < -0.39 is 5.91 Å². The summed E-state index contributed by atoms with van der Waals surface area (Å²) in [5, 5.41) is 8.52. The predicted octanol–water partition coefficient (Wildman–Crippen LogP) is 4.10. The van der Waals surface area contributed by atoms with Crippen LogP contribution in [0.2, 0.25) is 0 Å². The summed E-state index contributed by atoms with van der Waals surface area (Å²) in [5.74, 6) is -0.525. The zero-order valence-corrected chi connectivity index (χ0v) is 14.4. The van der Waals surface area contributed by atoms with Gasteiger partial charge in [0.1, 0.15) is 0 Å².